The van der Waals surface area contributed by atoms with Gasteiger partial charge in [-0.05, 0) is 42.0 Å². The molecule has 0 radical (unpaired) electrons. The molecule has 2 aromatic carbocycles. The fourth-order valence-electron chi connectivity index (χ4n) is 3.61. The van der Waals surface area contributed by atoms with Crippen molar-refractivity contribution in [3.8, 4) is 5.75 Å². The van der Waals surface area contributed by atoms with Gasteiger partial charge in [0.15, 0.2) is 0 Å². The molecule has 4 rings (SSSR count). The van der Waals surface area contributed by atoms with Gasteiger partial charge >= 0.3 is 12.0 Å². The van der Waals surface area contributed by atoms with E-state index in [0.717, 1.165) is 5.56 Å². The maximum atomic E-state index is 13.3. The minimum absolute atomic E-state index is 0.142. The molecule has 0 saturated carbocycles. The molecule has 1 atom stereocenters. The van der Waals surface area contributed by atoms with Gasteiger partial charge < -0.3 is 20.1 Å². The number of carbonyl (C=O) groups is 3. The minimum atomic E-state index is -1.03. The van der Waals surface area contributed by atoms with Crippen LogP contribution >= 0.6 is 0 Å². The lowest BCUT2D eigenvalue weighted by atomic mass is 9.95. The number of anilines is 1. The second-order valence-electron chi connectivity index (χ2n) is 6.82. The highest BCUT2D eigenvalue weighted by Crippen LogP contribution is 2.37. The van der Waals surface area contributed by atoms with Crippen LogP contribution in [0.15, 0.2) is 59.8 Å². The Morgan fingerprint density at radius 1 is 1.10 bits per heavy atom. The van der Waals surface area contributed by atoms with Gasteiger partial charge in [0.2, 0.25) is 0 Å². The molecule has 2 aliphatic rings. The number of hydrogen-bond donors (Lipinski definition) is 2. The smallest absolute Gasteiger partial charge is 0.335 e. The lowest BCUT2D eigenvalue weighted by Crippen LogP contribution is -2.45. The van der Waals surface area contributed by atoms with Crippen molar-refractivity contribution in [2.75, 3.05) is 25.6 Å². The van der Waals surface area contributed by atoms with Gasteiger partial charge in [-0.15, -0.1) is 0 Å². The van der Waals surface area contributed by atoms with Gasteiger partial charge in [0.05, 0.1) is 36.5 Å². The Hall–Kier alpha value is -3.81. The number of rotatable bonds is 4. The van der Waals surface area contributed by atoms with Gasteiger partial charge in [-0.1, -0.05) is 12.1 Å². The Kier molecular flexibility index (Phi) is 4.46. The highest BCUT2D eigenvalue weighted by atomic mass is 16.5. The molecule has 2 N–H and O–H groups in total. The SMILES string of the molecule is COc1ccc([C@@H]2NC(=O)N(C)C3=C2C(=O)N(c2ccc(C(=O)O)cc2)C3)cc1. The number of nitrogens with zero attached hydrogens (tertiary/aromatic N) is 2. The number of hydrogen-bond acceptors (Lipinski definition) is 4. The third-order valence-electron chi connectivity index (χ3n) is 5.24. The molecule has 0 fully saturated rings. The van der Waals surface area contributed by atoms with E-state index in [9.17, 15) is 14.4 Å². The monoisotopic (exact) mass is 393 g/mol. The van der Waals surface area contributed by atoms with E-state index in [1.165, 1.54) is 17.0 Å². The Morgan fingerprint density at radius 2 is 1.76 bits per heavy atom. The van der Waals surface area contributed by atoms with Gasteiger partial charge in [0, 0.05) is 12.7 Å². The third-order valence-corrected chi connectivity index (χ3v) is 5.24. The van der Waals surface area contributed by atoms with Crippen molar-refractivity contribution in [2.24, 2.45) is 0 Å². The van der Waals surface area contributed by atoms with Gasteiger partial charge in [0.1, 0.15) is 5.75 Å². The van der Waals surface area contributed by atoms with Crippen LogP contribution < -0.4 is 15.0 Å². The molecule has 0 saturated heterocycles. The molecule has 0 unspecified atom stereocenters. The number of amides is 3. The quantitative estimate of drug-likeness (QED) is 0.831. The molecule has 0 aromatic heterocycles. The molecule has 8 heteroatoms. The van der Waals surface area contributed by atoms with Crippen LogP contribution in [0.2, 0.25) is 0 Å². The summed E-state index contributed by atoms with van der Waals surface area (Å²) in [6.45, 7) is 0.233. The first-order valence-corrected chi connectivity index (χ1v) is 8.97. The number of nitrogens with one attached hydrogen (secondary N) is 1. The highest BCUT2D eigenvalue weighted by molar-refractivity contribution is 6.11. The van der Waals surface area contributed by atoms with E-state index in [2.05, 4.69) is 5.32 Å². The van der Waals surface area contributed by atoms with Crippen molar-refractivity contribution in [2.45, 2.75) is 6.04 Å². The van der Waals surface area contributed by atoms with Crippen LogP contribution in [0.25, 0.3) is 0 Å². The number of ether oxygens (including phenoxy) is 1. The summed E-state index contributed by atoms with van der Waals surface area (Å²) in [5.41, 5.74) is 2.62. The second-order valence-corrected chi connectivity index (χ2v) is 6.82. The molecule has 148 valence electrons. The second kappa shape index (κ2) is 6.97. The van der Waals surface area contributed by atoms with E-state index in [4.69, 9.17) is 9.84 Å². The van der Waals surface area contributed by atoms with E-state index < -0.39 is 12.0 Å². The Labute approximate surface area is 167 Å². The summed E-state index contributed by atoms with van der Waals surface area (Å²) >= 11 is 0. The van der Waals surface area contributed by atoms with Crippen LogP contribution in [-0.4, -0.2) is 48.6 Å². The molecule has 0 aliphatic carbocycles. The molecular formula is C21H19N3O5. The van der Waals surface area contributed by atoms with Crippen LogP contribution in [0.1, 0.15) is 22.0 Å². The van der Waals surface area contributed by atoms with Crippen LogP contribution in [0.4, 0.5) is 10.5 Å². The fraction of sp³-hybridized carbons (Fsp3) is 0.190. The molecule has 2 heterocycles. The van der Waals surface area contributed by atoms with E-state index >= 15 is 0 Å². The predicted octanol–water partition coefficient (Wildman–Crippen LogP) is 2.39. The van der Waals surface area contributed by atoms with Crippen molar-refractivity contribution >= 4 is 23.6 Å². The normalized spacial score (nSPS) is 18.6. The van der Waals surface area contributed by atoms with Gasteiger partial charge in [0.25, 0.3) is 5.91 Å². The van der Waals surface area contributed by atoms with Gasteiger partial charge in [-0.25, -0.2) is 9.59 Å². The third kappa shape index (κ3) is 3.08. The van der Waals surface area contributed by atoms with Crippen LogP contribution in [0.3, 0.4) is 0 Å². The van der Waals surface area contributed by atoms with Crippen molar-refractivity contribution in [3.05, 3.63) is 70.9 Å². The maximum absolute atomic E-state index is 13.3. The lowest BCUT2D eigenvalue weighted by molar-refractivity contribution is -0.114. The summed E-state index contributed by atoms with van der Waals surface area (Å²) in [6.07, 6.45) is 0. The number of likely N-dealkylation sites (N-methyl/N-ethyl adjacent to an activating group) is 1. The molecule has 0 bridgehead atoms. The Morgan fingerprint density at radius 3 is 2.34 bits per heavy atom. The summed E-state index contributed by atoms with van der Waals surface area (Å²) in [6, 6.07) is 12.4. The van der Waals surface area contributed by atoms with Crippen molar-refractivity contribution in [1.29, 1.82) is 0 Å². The van der Waals surface area contributed by atoms with E-state index in [-0.39, 0.29) is 24.0 Å². The van der Waals surface area contributed by atoms with Crippen LogP contribution in [-0.2, 0) is 4.79 Å². The molecular weight excluding hydrogens is 374 g/mol. The molecule has 0 spiro atoms. The first-order valence-electron chi connectivity index (χ1n) is 8.97. The number of carboxylic acids is 1. The first kappa shape index (κ1) is 18.5. The zero-order valence-corrected chi connectivity index (χ0v) is 15.9. The van der Waals surface area contributed by atoms with E-state index in [1.54, 1.807) is 43.3 Å². The molecule has 2 aliphatic heterocycles. The topological polar surface area (TPSA) is 99.2 Å². The van der Waals surface area contributed by atoms with E-state index in [1.807, 2.05) is 12.1 Å². The van der Waals surface area contributed by atoms with Crippen molar-refractivity contribution in [3.63, 3.8) is 0 Å². The van der Waals surface area contributed by atoms with Crippen molar-refractivity contribution in [1.82, 2.24) is 10.2 Å². The van der Waals surface area contributed by atoms with Gasteiger partial charge in [-0.3, -0.25) is 9.69 Å². The molecule has 8 nitrogen and oxygen atoms in total. The summed E-state index contributed by atoms with van der Waals surface area (Å²) in [4.78, 5) is 39.8. The number of benzene rings is 2. The maximum Gasteiger partial charge on any atom is 0.335 e. The Bertz CT molecular complexity index is 1030. The summed E-state index contributed by atoms with van der Waals surface area (Å²) in [5.74, 6) is -0.577. The summed E-state index contributed by atoms with van der Waals surface area (Å²) < 4.78 is 5.18. The molecule has 3 amide bonds. The van der Waals surface area contributed by atoms with Crippen LogP contribution in [0, 0.1) is 0 Å². The minimum Gasteiger partial charge on any atom is -0.497 e. The summed E-state index contributed by atoms with van der Waals surface area (Å²) in [5, 5.41) is 12.0. The van der Waals surface area contributed by atoms with Crippen LogP contribution in [0.5, 0.6) is 5.75 Å². The number of urea groups is 1. The Balaban J connectivity index is 1.70. The average Bonchev–Trinajstić information content (AvgIpc) is 3.08. The van der Waals surface area contributed by atoms with Gasteiger partial charge in [-0.2, -0.15) is 0 Å². The largest absolute Gasteiger partial charge is 0.497 e. The average molecular weight is 393 g/mol. The highest BCUT2D eigenvalue weighted by Gasteiger charge is 2.43. The zero-order chi connectivity index (χ0) is 20.7. The molecule has 29 heavy (non-hydrogen) atoms. The number of carbonyl (C=O) groups excluding carboxylic acids is 2. The zero-order valence-electron chi connectivity index (χ0n) is 15.9. The predicted molar refractivity (Wildman–Crippen MR) is 105 cm³/mol. The number of aromatic carboxylic acids is 1. The lowest BCUT2D eigenvalue weighted by Gasteiger charge is -2.31. The molecule has 2 aromatic rings. The summed E-state index contributed by atoms with van der Waals surface area (Å²) in [7, 11) is 3.19. The van der Waals surface area contributed by atoms with Crippen molar-refractivity contribution < 1.29 is 24.2 Å². The number of methoxy groups -OCH3 is 1. The first-order chi connectivity index (χ1) is 13.9. The number of carboxylic acid groups (broad SMARTS) is 1. The fourth-order valence-corrected chi connectivity index (χ4v) is 3.61. The standard InChI is InChI=1S/C21H19N3O5/c1-23-16-11-24(14-7-3-13(4-8-14)20(26)27)19(25)17(16)18(22-21(23)28)12-5-9-15(29-2)10-6-12/h3-10,18H,11H2,1-2H3,(H,22,28)(H,26,27)/t18-/m0/s1. The van der Waals surface area contributed by atoms with E-state index in [0.29, 0.717) is 22.7 Å².